The Morgan fingerprint density at radius 2 is 1.89 bits per heavy atom. The van der Waals surface area contributed by atoms with E-state index in [2.05, 4.69) is 0 Å². The smallest absolute Gasteiger partial charge is 0.252 e. The van der Waals surface area contributed by atoms with Crippen molar-refractivity contribution in [3.63, 3.8) is 0 Å². The van der Waals surface area contributed by atoms with Crippen LogP contribution >= 0.6 is 0 Å². The molecule has 1 aliphatic carbocycles. The molecule has 0 bridgehead atoms. The van der Waals surface area contributed by atoms with Gasteiger partial charge < -0.3 is 4.74 Å². The molecule has 1 heterocycles. The van der Waals surface area contributed by atoms with E-state index in [1.807, 2.05) is 30.3 Å². The van der Waals surface area contributed by atoms with Crippen LogP contribution in [0.5, 0.6) is 0 Å². The van der Waals surface area contributed by atoms with E-state index >= 15 is 0 Å². The number of halogens is 2. The number of benzene rings is 1. The minimum Gasteiger partial charge on any atom is -0.376 e. The maximum atomic E-state index is 14.6. The third-order valence-electron chi connectivity index (χ3n) is 6.02. The van der Waals surface area contributed by atoms with Gasteiger partial charge in [-0.05, 0) is 18.4 Å². The van der Waals surface area contributed by atoms with E-state index in [0.717, 1.165) is 16.8 Å². The van der Waals surface area contributed by atoms with Crippen molar-refractivity contribution in [2.45, 2.75) is 51.0 Å². The number of rotatable bonds is 4. The van der Waals surface area contributed by atoms with Crippen molar-refractivity contribution in [3.05, 3.63) is 35.9 Å². The first-order valence-electron chi connectivity index (χ1n) is 9.10. The van der Waals surface area contributed by atoms with Crippen LogP contribution in [0.25, 0.3) is 0 Å². The average Bonchev–Trinajstić information content (AvgIpc) is 2.77. The van der Waals surface area contributed by atoms with E-state index in [1.54, 1.807) is 6.92 Å². The molecule has 150 valence electrons. The van der Waals surface area contributed by atoms with Gasteiger partial charge in [0.2, 0.25) is 15.9 Å². The maximum absolute atomic E-state index is 14.6. The van der Waals surface area contributed by atoms with Gasteiger partial charge in [-0.25, -0.2) is 21.5 Å². The van der Waals surface area contributed by atoms with Crippen molar-refractivity contribution in [1.29, 1.82) is 0 Å². The largest absolute Gasteiger partial charge is 0.376 e. The zero-order valence-electron chi connectivity index (χ0n) is 15.6. The number of amides is 1. The summed E-state index contributed by atoms with van der Waals surface area (Å²) in [5.74, 6) is -6.00. The highest BCUT2D eigenvalue weighted by atomic mass is 32.2. The molecule has 8 heteroatoms. The lowest BCUT2D eigenvalue weighted by Gasteiger charge is -2.42. The van der Waals surface area contributed by atoms with Gasteiger partial charge in [-0.3, -0.25) is 4.79 Å². The quantitative estimate of drug-likeness (QED) is 0.778. The molecule has 1 saturated carbocycles. The predicted octanol–water partition coefficient (Wildman–Crippen LogP) is 3.06. The fourth-order valence-corrected chi connectivity index (χ4v) is 7.14. The summed E-state index contributed by atoms with van der Waals surface area (Å²) >= 11 is 0. The number of nitrogens with zero attached hydrogens (tertiary/aromatic N) is 1. The molecular weight excluding hydrogens is 376 g/mol. The summed E-state index contributed by atoms with van der Waals surface area (Å²) < 4.78 is 61.2. The Hall–Kier alpha value is -1.54. The van der Waals surface area contributed by atoms with Gasteiger partial charge >= 0.3 is 0 Å². The van der Waals surface area contributed by atoms with Crippen molar-refractivity contribution in [2.24, 2.45) is 17.8 Å². The number of alkyl halides is 2. The van der Waals surface area contributed by atoms with Crippen LogP contribution in [0.3, 0.4) is 0 Å². The number of hydrogen-bond acceptors (Lipinski definition) is 4. The number of carbonyl (C=O) groups is 1. The highest BCUT2D eigenvalue weighted by Gasteiger charge is 2.64. The van der Waals surface area contributed by atoms with Gasteiger partial charge in [0.1, 0.15) is 0 Å². The summed E-state index contributed by atoms with van der Waals surface area (Å²) in [7, 11) is -4.09. The number of sulfonamides is 1. The van der Waals surface area contributed by atoms with Crippen molar-refractivity contribution < 1.29 is 26.7 Å². The van der Waals surface area contributed by atoms with E-state index in [9.17, 15) is 22.0 Å². The van der Waals surface area contributed by atoms with E-state index in [1.165, 1.54) is 6.92 Å². The first-order valence-corrected chi connectivity index (χ1v) is 10.6. The van der Waals surface area contributed by atoms with Crippen LogP contribution in [0.2, 0.25) is 0 Å². The van der Waals surface area contributed by atoms with Crippen LogP contribution < -0.4 is 0 Å². The van der Waals surface area contributed by atoms with Crippen LogP contribution in [0.1, 0.15) is 32.8 Å². The predicted molar refractivity (Wildman–Crippen MR) is 96.5 cm³/mol. The lowest BCUT2D eigenvalue weighted by molar-refractivity contribution is -0.137. The van der Waals surface area contributed by atoms with Crippen LogP contribution in [0, 0.1) is 17.8 Å². The zero-order valence-corrected chi connectivity index (χ0v) is 16.5. The molecule has 3 rings (SSSR count). The molecule has 1 aromatic rings. The number of carbonyl (C=O) groups excluding carboxylic acids is 1. The molecule has 1 aliphatic heterocycles. The second kappa shape index (κ2) is 7.13. The lowest BCUT2D eigenvalue weighted by Crippen LogP contribution is -2.51. The Morgan fingerprint density at radius 1 is 1.26 bits per heavy atom. The molecule has 5 atom stereocenters. The van der Waals surface area contributed by atoms with Gasteiger partial charge in [-0.1, -0.05) is 37.3 Å². The average molecular weight is 401 g/mol. The highest BCUT2D eigenvalue weighted by Crippen LogP contribution is 2.53. The third kappa shape index (κ3) is 3.49. The molecular formula is C19H25F2NO4S. The van der Waals surface area contributed by atoms with Crippen LogP contribution in [-0.4, -0.2) is 42.5 Å². The Bertz CT molecular complexity index is 799. The van der Waals surface area contributed by atoms with E-state index in [0.29, 0.717) is 0 Å². The summed E-state index contributed by atoms with van der Waals surface area (Å²) in [6, 6.07) is 8.70. The van der Waals surface area contributed by atoms with Gasteiger partial charge in [0.15, 0.2) is 0 Å². The summed E-state index contributed by atoms with van der Waals surface area (Å²) in [5.41, 5.74) is 0.918. The minimum absolute atomic E-state index is 0.0262. The van der Waals surface area contributed by atoms with Crippen molar-refractivity contribution in [1.82, 2.24) is 4.31 Å². The van der Waals surface area contributed by atoms with Crippen molar-refractivity contribution >= 4 is 15.9 Å². The first kappa shape index (κ1) is 20.2. The van der Waals surface area contributed by atoms with Crippen molar-refractivity contribution in [2.75, 3.05) is 6.61 Å². The summed E-state index contributed by atoms with van der Waals surface area (Å²) in [6.07, 6.45) is -0.746. The Labute approximate surface area is 158 Å². The number of ether oxygens (including phenoxy) is 1. The third-order valence-corrected chi connectivity index (χ3v) is 8.41. The van der Waals surface area contributed by atoms with Crippen LogP contribution in [0.4, 0.5) is 8.78 Å². The summed E-state index contributed by atoms with van der Waals surface area (Å²) in [6.45, 7) is 4.53. The fourth-order valence-electron chi connectivity index (χ4n) is 4.63. The second-order valence-electron chi connectivity index (χ2n) is 7.63. The molecule has 27 heavy (non-hydrogen) atoms. The van der Waals surface area contributed by atoms with E-state index < -0.39 is 57.3 Å². The SMILES string of the molecule is CC(=O)N1[C@H](C)[C@H]2[C@@H](COCc3ccccc3)[C@H](C)C(F)(F)C[C@H]2S1(=O)=O. The highest BCUT2D eigenvalue weighted by molar-refractivity contribution is 7.90. The Kier molecular flexibility index (Phi) is 5.33. The van der Waals surface area contributed by atoms with Gasteiger partial charge in [0.25, 0.3) is 5.92 Å². The molecule has 0 spiro atoms. The summed E-state index contributed by atoms with van der Waals surface area (Å²) in [5, 5.41) is -1.26. The zero-order chi connectivity index (χ0) is 20.0. The molecule has 0 unspecified atom stereocenters. The van der Waals surface area contributed by atoms with Gasteiger partial charge in [-0.15, -0.1) is 0 Å². The van der Waals surface area contributed by atoms with Gasteiger partial charge in [-0.2, -0.15) is 0 Å². The Balaban J connectivity index is 1.85. The van der Waals surface area contributed by atoms with Crippen molar-refractivity contribution in [3.8, 4) is 0 Å². The molecule has 0 radical (unpaired) electrons. The van der Waals surface area contributed by atoms with E-state index in [4.69, 9.17) is 4.74 Å². The molecule has 2 fully saturated rings. The first-order chi connectivity index (χ1) is 12.6. The van der Waals surface area contributed by atoms with Crippen LogP contribution in [0.15, 0.2) is 30.3 Å². The fraction of sp³-hybridized carbons (Fsp3) is 0.632. The molecule has 2 aliphatic rings. The normalized spacial score (nSPS) is 34.3. The Morgan fingerprint density at radius 3 is 2.48 bits per heavy atom. The van der Waals surface area contributed by atoms with Gasteiger partial charge in [0.05, 0.1) is 18.5 Å². The minimum atomic E-state index is -4.09. The number of hydrogen-bond donors (Lipinski definition) is 0. The molecule has 0 N–H and O–H groups in total. The molecule has 1 saturated heterocycles. The molecule has 1 aromatic carbocycles. The topological polar surface area (TPSA) is 63.7 Å². The molecule has 0 aromatic heterocycles. The maximum Gasteiger partial charge on any atom is 0.252 e. The molecule has 1 amide bonds. The van der Waals surface area contributed by atoms with Gasteiger partial charge in [0, 0.05) is 31.2 Å². The molecule has 5 nitrogen and oxygen atoms in total. The van der Waals surface area contributed by atoms with E-state index in [-0.39, 0.29) is 13.2 Å². The van der Waals surface area contributed by atoms with Crippen LogP contribution in [-0.2, 0) is 26.2 Å². The monoisotopic (exact) mass is 401 g/mol. The standard InChI is InChI=1S/C19H25F2NO4S/c1-12-16(11-26-10-15-7-5-4-6-8-15)18-13(2)22(14(3)23)27(24,25)17(18)9-19(12,20)21/h4-8,12-13,16-18H,9-11H2,1-3H3/t12-,13+,16-,17+,18-/m0/s1. The number of fused-ring (bicyclic) bond motifs is 1. The summed E-state index contributed by atoms with van der Waals surface area (Å²) in [4.78, 5) is 11.9. The second-order valence-corrected chi connectivity index (χ2v) is 9.66. The lowest BCUT2D eigenvalue weighted by atomic mass is 9.68.